The summed E-state index contributed by atoms with van der Waals surface area (Å²) in [4.78, 5) is 13.5. The van der Waals surface area contributed by atoms with Crippen LogP contribution in [0.2, 0.25) is 0 Å². The largest absolute Gasteiger partial charge is 0.242 e. The monoisotopic (exact) mass is 359 g/mol. The standard InChI is InChI=1S/C21H18FN5/c22-18-9-2-1-5-15(18)13-27-21-17(8-4-10-23-21)19(26-27)20-24-11-16(12-25-20)14-6-3-7-14/h1-2,4-5,8-12,14H,3,6-7,13H2. The molecule has 5 rings (SSSR count). The zero-order chi connectivity index (χ0) is 18.2. The quantitative estimate of drug-likeness (QED) is 0.544. The van der Waals surface area contributed by atoms with Gasteiger partial charge < -0.3 is 0 Å². The van der Waals surface area contributed by atoms with Crippen LogP contribution in [-0.2, 0) is 6.54 Å². The van der Waals surface area contributed by atoms with E-state index < -0.39 is 0 Å². The van der Waals surface area contributed by atoms with Gasteiger partial charge in [-0.2, -0.15) is 5.10 Å². The van der Waals surface area contributed by atoms with Gasteiger partial charge in [0.25, 0.3) is 0 Å². The minimum atomic E-state index is -0.250. The molecule has 6 heteroatoms. The number of halogens is 1. The van der Waals surface area contributed by atoms with Crippen molar-refractivity contribution in [1.82, 2.24) is 24.7 Å². The van der Waals surface area contributed by atoms with Crippen molar-refractivity contribution in [2.24, 2.45) is 0 Å². The first-order valence-corrected chi connectivity index (χ1v) is 9.17. The Hall–Kier alpha value is -3.15. The minimum absolute atomic E-state index is 0.250. The SMILES string of the molecule is Fc1ccccc1Cn1nc(-c2ncc(C3CCC3)cn2)c2cccnc21. The van der Waals surface area contributed by atoms with Gasteiger partial charge in [-0.25, -0.2) is 24.0 Å². The molecule has 1 aromatic carbocycles. The number of aromatic nitrogens is 5. The van der Waals surface area contributed by atoms with Crippen LogP contribution in [-0.4, -0.2) is 24.7 Å². The summed E-state index contributed by atoms with van der Waals surface area (Å²) < 4.78 is 15.8. The molecule has 1 aliphatic rings. The Balaban J connectivity index is 1.56. The first-order valence-electron chi connectivity index (χ1n) is 9.17. The van der Waals surface area contributed by atoms with E-state index in [-0.39, 0.29) is 5.82 Å². The summed E-state index contributed by atoms with van der Waals surface area (Å²) >= 11 is 0. The molecule has 0 N–H and O–H groups in total. The van der Waals surface area contributed by atoms with Gasteiger partial charge in [0.1, 0.15) is 11.5 Å². The lowest BCUT2D eigenvalue weighted by molar-refractivity contribution is 0.418. The molecule has 1 fully saturated rings. The summed E-state index contributed by atoms with van der Waals surface area (Å²) in [5, 5.41) is 5.53. The van der Waals surface area contributed by atoms with E-state index in [4.69, 9.17) is 0 Å². The predicted octanol–water partition coefficient (Wildman–Crippen LogP) is 4.34. The predicted molar refractivity (Wildman–Crippen MR) is 101 cm³/mol. The van der Waals surface area contributed by atoms with E-state index >= 15 is 0 Å². The Morgan fingerprint density at radius 2 is 1.81 bits per heavy atom. The van der Waals surface area contributed by atoms with E-state index in [1.54, 1.807) is 23.0 Å². The van der Waals surface area contributed by atoms with Crippen LogP contribution < -0.4 is 0 Å². The van der Waals surface area contributed by atoms with E-state index in [2.05, 4.69) is 20.1 Å². The van der Waals surface area contributed by atoms with Crippen LogP contribution in [0, 0.1) is 5.82 Å². The lowest BCUT2D eigenvalue weighted by Crippen LogP contribution is -2.09. The molecule has 3 heterocycles. The fourth-order valence-corrected chi connectivity index (χ4v) is 3.49. The van der Waals surface area contributed by atoms with Crippen LogP contribution in [0.1, 0.15) is 36.3 Å². The van der Waals surface area contributed by atoms with Crippen molar-refractivity contribution in [3.63, 3.8) is 0 Å². The summed E-state index contributed by atoms with van der Waals surface area (Å²) in [7, 11) is 0. The highest BCUT2D eigenvalue weighted by Crippen LogP contribution is 2.36. The topological polar surface area (TPSA) is 56.5 Å². The van der Waals surface area contributed by atoms with Gasteiger partial charge in [0, 0.05) is 24.2 Å². The first-order chi connectivity index (χ1) is 13.3. The molecule has 4 aromatic rings. The van der Waals surface area contributed by atoms with Crippen LogP contribution in [0.5, 0.6) is 0 Å². The molecule has 5 nitrogen and oxygen atoms in total. The van der Waals surface area contributed by atoms with Crippen LogP contribution in [0.15, 0.2) is 55.0 Å². The molecule has 0 bridgehead atoms. The Morgan fingerprint density at radius 3 is 2.56 bits per heavy atom. The number of pyridine rings is 1. The third kappa shape index (κ3) is 2.87. The molecule has 134 valence electrons. The number of hydrogen-bond acceptors (Lipinski definition) is 4. The van der Waals surface area contributed by atoms with Crippen molar-refractivity contribution in [3.05, 3.63) is 71.9 Å². The van der Waals surface area contributed by atoms with Crippen molar-refractivity contribution >= 4 is 11.0 Å². The van der Waals surface area contributed by atoms with E-state index in [1.807, 2.05) is 30.6 Å². The highest BCUT2D eigenvalue weighted by Gasteiger charge is 2.21. The second-order valence-electron chi connectivity index (χ2n) is 6.94. The maximum Gasteiger partial charge on any atom is 0.180 e. The van der Waals surface area contributed by atoms with Gasteiger partial charge in [-0.3, -0.25) is 0 Å². The zero-order valence-corrected chi connectivity index (χ0v) is 14.7. The minimum Gasteiger partial charge on any atom is -0.242 e. The fraction of sp³-hybridized carbons (Fsp3) is 0.238. The van der Waals surface area contributed by atoms with Gasteiger partial charge in [0.2, 0.25) is 0 Å². The number of nitrogens with zero attached hydrogens (tertiary/aromatic N) is 5. The highest BCUT2D eigenvalue weighted by atomic mass is 19.1. The Bertz CT molecular complexity index is 1100. The lowest BCUT2D eigenvalue weighted by Gasteiger charge is -2.24. The molecule has 0 saturated heterocycles. The van der Waals surface area contributed by atoms with E-state index in [9.17, 15) is 4.39 Å². The molecule has 0 unspecified atom stereocenters. The molecule has 0 amide bonds. The van der Waals surface area contributed by atoms with Crippen molar-refractivity contribution in [2.75, 3.05) is 0 Å². The molecular weight excluding hydrogens is 341 g/mol. The number of benzene rings is 1. The number of hydrogen-bond donors (Lipinski definition) is 0. The van der Waals surface area contributed by atoms with Gasteiger partial charge in [-0.05, 0) is 42.5 Å². The van der Waals surface area contributed by atoms with E-state index in [0.29, 0.717) is 35.2 Å². The summed E-state index contributed by atoms with van der Waals surface area (Å²) in [6.45, 7) is 0.306. The maximum atomic E-state index is 14.1. The molecule has 1 saturated carbocycles. The average Bonchev–Trinajstić information content (AvgIpc) is 3.02. The fourth-order valence-electron chi connectivity index (χ4n) is 3.49. The van der Waals surface area contributed by atoms with Crippen LogP contribution in [0.25, 0.3) is 22.6 Å². The third-order valence-electron chi connectivity index (χ3n) is 5.25. The molecule has 0 atom stereocenters. The summed E-state index contributed by atoms with van der Waals surface area (Å²) in [6.07, 6.45) is 9.24. The van der Waals surface area contributed by atoms with Crippen LogP contribution in [0.3, 0.4) is 0 Å². The second kappa shape index (κ2) is 6.54. The molecule has 0 spiro atoms. The Kier molecular flexibility index (Phi) is 3.89. The van der Waals surface area contributed by atoms with E-state index in [0.717, 1.165) is 5.39 Å². The average molecular weight is 359 g/mol. The zero-order valence-electron chi connectivity index (χ0n) is 14.7. The Labute approximate surface area is 155 Å². The van der Waals surface area contributed by atoms with Crippen molar-refractivity contribution in [3.8, 4) is 11.5 Å². The van der Waals surface area contributed by atoms with E-state index in [1.165, 1.54) is 30.9 Å². The third-order valence-corrected chi connectivity index (χ3v) is 5.25. The molecule has 0 radical (unpaired) electrons. The van der Waals surface area contributed by atoms with Crippen LogP contribution in [0.4, 0.5) is 4.39 Å². The lowest BCUT2D eigenvalue weighted by atomic mass is 9.81. The summed E-state index contributed by atoms with van der Waals surface area (Å²) in [5.41, 5.74) is 3.13. The van der Waals surface area contributed by atoms with Gasteiger partial charge in [-0.1, -0.05) is 24.6 Å². The van der Waals surface area contributed by atoms with Gasteiger partial charge >= 0.3 is 0 Å². The first kappa shape index (κ1) is 16.1. The molecule has 27 heavy (non-hydrogen) atoms. The van der Waals surface area contributed by atoms with Crippen molar-refractivity contribution in [2.45, 2.75) is 31.7 Å². The molecule has 0 aliphatic heterocycles. The molecule has 1 aliphatic carbocycles. The second-order valence-corrected chi connectivity index (χ2v) is 6.94. The normalized spacial score (nSPS) is 14.4. The smallest absolute Gasteiger partial charge is 0.180 e. The van der Waals surface area contributed by atoms with Crippen LogP contribution >= 0.6 is 0 Å². The number of fused-ring (bicyclic) bond motifs is 1. The van der Waals surface area contributed by atoms with Gasteiger partial charge in [0.15, 0.2) is 11.5 Å². The summed E-state index contributed by atoms with van der Waals surface area (Å²) in [5.74, 6) is 0.916. The van der Waals surface area contributed by atoms with Gasteiger partial charge in [0.05, 0.1) is 11.9 Å². The number of rotatable bonds is 4. The van der Waals surface area contributed by atoms with Crippen molar-refractivity contribution in [1.29, 1.82) is 0 Å². The Morgan fingerprint density at radius 1 is 1.00 bits per heavy atom. The van der Waals surface area contributed by atoms with Gasteiger partial charge in [-0.15, -0.1) is 0 Å². The molecule has 3 aromatic heterocycles. The highest BCUT2D eigenvalue weighted by molar-refractivity contribution is 5.89. The maximum absolute atomic E-state index is 14.1. The summed E-state index contributed by atoms with van der Waals surface area (Å²) in [6, 6.07) is 10.5. The van der Waals surface area contributed by atoms with Crippen molar-refractivity contribution < 1.29 is 4.39 Å². The molecular formula is C21H18FN5.